The Kier molecular flexibility index (Phi) is 8.76. The summed E-state index contributed by atoms with van der Waals surface area (Å²) in [5.41, 5.74) is 1.28. The van der Waals surface area contributed by atoms with Crippen molar-refractivity contribution in [3.8, 4) is 0 Å². The summed E-state index contributed by atoms with van der Waals surface area (Å²) in [5, 5.41) is 6.83. The molecule has 1 aromatic carbocycles. The quantitative estimate of drug-likeness (QED) is 0.353. The Balaban J connectivity index is 1.97. The standard InChI is InChI=1S/C21H35N3O3S/c1-4-22-20(23-16-18-8-10-19(11-9-18)28(3,25)26)24-17-21(12-6-7-13-21)14-15-27-5-2/h8-11H,4-7,12-17H2,1-3H3,(H2,22,23,24). The number of benzene rings is 1. The zero-order chi connectivity index (χ0) is 20.5. The minimum atomic E-state index is -3.16. The maximum atomic E-state index is 11.6. The monoisotopic (exact) mass is 409 g/mol. The lowest BCUT2D eigenvalue weighted by molar-refractivity contribution is 0.105. The van der Waals surface area contributed by atoms with Gasteiger partial charge in [0.2, 0.25) is 0 Å². The van der Waals surface area contributed by atoms with E-state index in [2.05, 4.69) is 22.5 Å². The first-order chi connectivity index (χ1) is 13.4. The molecule has 2 N–H and O–H groups in total. The fourth-order valence-electron chi connectivity index (χ4n) is 3.70. The van der Waals surface area contributed by atoms with Gasteiger partial charge < -0.3 is 15.4 Å². The van der Waals surface area contributed by atoms with E-state index in [1.165, 1.54) is 31.9 Å². The molecule has 0 saturated heterocycles. The first-order valence-corrected chi connectivity index (χ1v) is 12.2. The largest absolute Gasteiger partial charge is 0.382 e. The Bertz CT molecular complexity index is 724. The molecule has 1 aliphatic carbocycles. The fourth-order valence-corrected chi connectivity index (χ4v) is 4.33. The first kappa shape index (κ1) is 22.7. The van der Waals surface area contributed by atoms with Crippen molar-refractivity contribution in [3.63, 3.8) is 0 Å². The van der Waals surface area contributed by atoms with Crippen LogP contribution < -0.4 is 10.6 Å². The van der Waals surface area contributed by atoms with Crippen LogP contribution in [0.4, 0.5) is 0 Å². The maximum absolute atomic E-state index is 11.6. The van der Waals surface area contributed by atoms with Crippen LogP contribution in [0.15, 0.2) is 34.2 Å². The molecule has 0 spiro atoms. The normalized spacial score (nSPS) is 16.9. The second kappa shape index (κ2) is 10.8. The number of nitrogens with one attached hydrogen (secondary N) is 2. The summed E-state index contributed by atoms with van der Waals surface area (Å²) in [6.07, 6.45) is 7.35. The van der Waals surface area contributed by atoms with Gasteiger partial charge >= 0.3 is 0 Å². The molecular formula is C21H35N3O3S. The second-order valence-corrected chi connectivity index (χ2v) is 9.63. The number of guanidine groups is 1. The van der Waals surface area contributed by atoms with E-state index < -0.39 is 9.84 Å². The molecule has 1 aliphatic rings. The average Bonchev–Trinajstić information content (AvgIpc) is 3.13. The zero-order valence-corrected chi connectivity index (χ0v) is 18.3. The van der Waals surface area contributed by atoms with E-state index in [9.17, 15) is 8.42 Å². The highest BCUT2D eigenvalue weighted by atomic mass is 32.2. The van der Waals surface area contributed by atoms with Gasteiger partial charge in [-0.25, -0.2) is 13.4 Å². The van der Waals surface area contributed by atoms with Gasteiger partial charge in [-0.1, -0.05) is 25.0 Å². The number of sulfone groups is 1. The maximum Gasteiger partial charge on any atom is 0.191 e. The third-order valence-corrected chi connectivity index (χ3v) is 6.52. The smallest absolute Gasteiger partial charge is 0.191 e. The molecule has 6 nitrogen and oxygen atoms in total. The third-order valence-electron chi connectivity index (χ3n) is 5.39. The van der Waals surface area contributed by atoms with E-state index in [4.69, 9.17) is 4.74 Å². The third kappa shape index (κ3) is 7.09. The molecule has 0 bridgehead atoms. The van der Waals surface area contributed by atoms with Crippen LogP contribution in [0.25, 0.3) is 0 Å². The van der Waals surface area contributed by atoms with Crippen molar-refractivity contribution in [1.29, 1.82) is 0 Å². The van der Waals surface area contributed by atoms with E-state index in [1.807, 2.05) is 19.1 Å². The molecule has 158 valence electrons. The van der Waals surface area contributed by atoms with Crippen LogP contribution in [0.5, 0.6) is 0 Å². The van der Waals surface area contributed by atoms with Crippen LogP contribution in [0.1, 0.15) is 51.5 Å². The van der Waals surface area contributed by atoms with Gasteiger partial charge in [0, 0.05) is 32.6 Å². The summed E-state index contributed by atoms with van der Waals surface area (Å²) in [7, 11) is -3.16. The average molecular weight is 410 g/mol. The van der Waals surface area contributed by atoms with Crippen LogP contribution in [0.3, 0.4) is 0 Å². The van der Waals surface area contributed by atoms with E-state index in [0.717, 1.165) is 44.2 Å². The Morgan fingerprint density at radius 1 is 1.14 bits per heavy atom. The minimum Gasteiger partial charge on any atom is -0.382 e. The van der Waals surface area contributed by atoms with Crippen molar-refractivity contribution < 1.29 is 13.2 Å². The summed E-state index contributed by atoms with van der Waals surface area (Å²) < 4.78 is 28.7. The van der Waals surface area contributed by atoms with Crippen LogP contribution in [-0.2, 0) is 21.1 Å². The Morgan fingerprint density at radius 3 is 2.39 bits per heavy atom. The molecule has 1 saturated carbocycles. The molecule has 0 amide bonds. The number of aliphatic imine (C=N–C) groups is 1. The number of hydrogen-bond acceptors (Lipinski definition) is 4. The second-order valence-electron chi connectivity index (χ2n) is 7.62. The predicted molar refractivity (Wildman–Crippen MR) is 114 cm³/mol. The van der Waals surface area contributed by atoms with Gasteiger partial charge in [0.15, 0.2) is 15.8 Å². The Morgan fingerprint density at radius 2 is 1.82 bits per heavy atom. The molecule has 0 atom stereocenters. The number of ether oxygens (including phenoxy) is 1. The lowest BCUT2D eigenvalue weighted by Crippen LogP contribution is -2.43. The van der Waals surface area contributed by atoms with Gasteiger partial charge in [-0.2, -0.15) is 0 Å². The van der Waals surface area contributed by atoms with Gasteiger partial charge in [0.05, 0.1) is 11.4 Å². The number of rotatable bonds is 10. The summed E-state index contributed by atoms with van der Waals surface area (Å²) >= 11 is 0. The van der Waals surface area contributed by atoms with E-state index >= 15 is 0 Å². The predicted octanol–water partition coefficient (Wildman–Crippen LogP) is 3.13. The molecule has 2 rings (SSSR count). The molecular weight excluding hydrogens is 374 g/mol. The lowest BCUT2D eigenvalue weighted by Gasteiger charge is -2.30. The summed E-state index contributed by atoms with van der Waals surface area (Å²) in [6.45, 7) is 7.88. The van der Waals surface area contributed by atoms with Crippen LogP contribution in [0.2, 0.25) is 0 Å². The molecule has 0 heterocycles. The highest BCUT2D eigenvalue weighted by Crippen LogP contribution is 2.40. The van der Waals surface area contributed by atoms with Crippen molar-refractivity contribution in [3.05, 3.63) is 29.8 Å². The van der Waals surface area contributed by atoms with Crippen LogP contribution in [-0.4, -0.2) is 46.9 Å². The summed E-state index contributed by atoms with van der Waals surface area (Å²) in [6, 6.07) is 6.93. The molecule has 7 heteroatoms. The molecule has 28 heavy (non-hydrogen) atoms. The Labute approximate surface area is 170 Å². The lowest BCUT2D eigenvalue weighted by atomic mass is 9.83. The molecule has 0 aliphatic heterocycles. The molecule has 0 unspecified atom stereocenters. The molecule has 0 radical (unpaired) electrons. The van der Waals surface area contributed by atoms with Crippen molar-refractivity contribution in [2.45, 2.75) is 57.4 Å². The zero-order valence-electron chi connectivity index (χ0n) is 17.5. The van der Waals surface area contributed by atoms with Gasteiger partial charge in [-0.05, 0) is 56.2 Å². The number of hydrogen-bond donors (Lipinski definition) is 2. The summed E-state index contributed by atoms with van der Waals surface area (Å²) in [5.74, 6) is 0.803. The summed E-state index contributed by atoms with van der Waals surface area (Å²) in [4.78, 5) is 5.01. The number of nitrogens with zero attached hydrogens (tertiary/aromatic N) is 1. The highest BCUT2D eigenvalue weighted by Gasteiger charge is 2.33. The molecule has 1 aromatic rings. The van der Waals surface area contributed by atoms with Gasteiger partial charge in [-0.3, -0.25) is 0 Å². The van der Waals surface area contributed by atoms with E-state index in [1.54, 1.807) is 12.1 Å². The minimum absolute atomic E-state index is 0.294. The molecule has 0 aromatic heterocycles. The van der Waals surface area contributed by atoms with Gasteiger partial charge in [0.25, 0.3) is 0 Å². The molecule has 1 fully saturated rings. The van der Waals surface area contributed by atoms with E-state index in [0.29, 0.717) is 16.9 Å². The van der Waals surface area contributed by atoms with Crippen molar-refractivity contribution in [2.24, 2.45) is 10.4 Å². The van der Waals surface area contributed by atoms with Crippen LogP contribution in [0, 0.1) is 5.41 Å². The SMILES string of the molecule is CCNC(=NCc1ccc(S(C)(=O)=O)cc1)NCC1(CCOCC)CCCC1. The van der Waals surface area contributed by atoms with Crippen molar-refractivity contribution in [2.75, 3.05) is 32.6 Å². The van der Waals surface area contributed by atoms with Crippen molar-refractivity contribution in [1.82, 2.24) is 10.6 Å². The van der Waals surface area contributed by atoms with Crippen molar-refractivity contribution >= 4 is 15.8 Å². The van der Waals surface area contributed by atoms with Gasteiger partial charge in [-0.15, -0.1) is 0 Å². The van der Waals surface area contributed by atoms with Crippen LogP contribution >= 0.6 is 0 Å². The highest BCUT2D eigenvalue weighted by molar-refractivity contribution is 7.90. The first-order valence-electron chi connectivity index (χ1n) is 10.3. The van der Waals surface area contributed by atoms with Gasteiger partial charge in [0.1, 0.15) is 0 Å². The fraction of sp³-hybridized carbons (Fsp3) is 0.667. The van der Waals surface area contributed by atoms with E-state index in [-0.39, 0.29) is 0 Å². The Hall–Kier alpha value is -1.60. The topological polar surface area (TPSA) is 79.8 Å².